The second-order valence-electron chi connectivity index (χ2n) is 9.60. The number of fused-ring (bicyclic) bond motifs is 3. The highest BCUT2D eigenvalue weighted by atomic mass is 32.2. The Labute approximate surface area is 234 Å². The molecule has 4 heterocycles. The van der Waals surface area contributed by atoms with Gasteiger partial charge in [0.05, 0.1) is 5.69 Å². The van der Waals surface area contributed by atoms with Gasteiger partial charge in [-0.1, -0.05) is 78.4 Å². The molecule has 39 heavy (non-hydrogen) atoms. The summed E-state index contributed by atoms with van der Waals surface area (Å²) in [5, 5.41) is 10.2. The van der Waals surface area contributed by atoms with Crippen LogP contribution in [-0.2, 0) is 0 Å². The van der Waals surface area contributed by atoms with Gasteiger partial charge in [-0.15, -0.1) is 21.5 Å². The highest BCUT2D eigenvalue weighted by Crippen LogP contribution is 2.42. The van der Waals surface area contributed by atoms with Crippen molar-refractivity contribution < 1.29 is 0 Å². The lowest BCUT2D eigenvalue weighted by molar-refractivity contribution is 0.783. The summed E-state index contributed by atoms with van der Waals surface area (Å²) in [5.41, 5.74) is 6.35. The molecule has 8 heteroatoms. The maximum Gasteiger partial charge on any atom is 0.277 e. The second kappa shape index (κ2) is 9.94. The molecule has 0 aliphatic carbocycles. The van der Waals surface area contributed by atoms with Gasteiger partial charge in [-0.2, -0.15) is 11.8 Å². The molecule has 1 saturated heterocycles. The Balaban J connectivity index is 1.59. The minimum absolute atomic E-state index is 0.0691. The van der Waals surface area contributed by atoms with Crippen molar-refractivity contribution in [3.63, 3.8) is 0 Å². The fourth-order valence-corrected chi connectivity index (χ4v) is 7.05. The maximum atomic E-state index is 14.3. The molecule has 0 N–H and O–H groups in total. The zero-order valence-electron chi connectivity index (χ0n) is 21.4. The van der Waals surface area contributed by atoms with Crippen molar-refractivity contribution in [3.8, 4) is 28.1 Å². The van der Waals surface area contributed by atoms with Crippen LogP contribution in [0.3, 0.4) is 0 Å². The summed E-state index contributed by atoms with van der Waals surface area (Å²) in [6, 6.07) is 28.4. The number of nitrogens with zero attached hydrogens (tertiary/aromatic N) is 5. The van der Waals surface area contributed by atoms with E-state index in [0.717, 1.165) is 68.4 Å². The van der Waals surface area contributed by atoms with Crippen molar-refractivity contribution in [2.45, 2.75) is 6.92 Å². The highest BCUT2D eigenvalue weighted by Gasteiger charge is 2.26. The zero-order valence-corrected chi connectivity index (χ0v) is 23.0. The lowest BCUT2D eigenvalue weighted by Crippen LogP contribution is -2.37. The number of benzene rings is 3. The predicted octanol–water partition coefficient (Wildman–Crippen LogP) is 6.59. The molecule has 0 atom stereocenters. The highest BCUT2D eigenvalue weighted by molar-refractivity contribution is 7.99. The first kappa shape index (κ1) is 24.1. The van der Waals surface area contributed by atoms with Crippen LogP contribution in [0.15, 0.2) is 89.7 Å². The fraction of sp³-hybridized carbons (Fsp3) is 0.161. The van der Waals surface area contributed by atoms with E-state index in [9.17, 15) is 4.79 Å². The minimum Gasteiger partial charge on any atom is -0.340 e. The molecule has 6 aromatic rings. The van der Waals surface area contributed by atoms with Gasteiger partial charge in [-0.05, 0) is 24.6 Å². The Morgan fingerprint density at radius 2 is 1.46 bits per heavy atom. The quantitative estimate of drug-likeness (QED) is 0.248. The van der Waals surface area contributed by atoms with Crippen LogP contribution >= 0.6 is 23.1 Å². The van der Waals surface area contributed by atoms with Gasteiger partial charge in [-0.25, -0.2) is 9.55 Å². The molecule has 0 radical (unpaired) electrons. The van der Waals surface area contributed by atoms with Crippen molar-refractivity contribution >= 4 is 49.5 Å². The van der Waals surface area contributed by atoms with Crippen LogP contribution in [0.1, 0.15) is 5.56 Å². The molecule has 0 bridgehead atoms. The topological polar surface area (TPSA) is 63.9 Å². The van der Waals surface area contributed by atoms with Crippen LogP contribution < -0.4 is 10.5 Å². The molecule has 1 aliphatic rings. The number of hydrogen-bond acceptors (Lipinski definition) is 7. The molecular weight excluding hydrogens is 523 g/mol. The van der Waals surface area contributed by atoms with E-state index in [2.05, 4.69) is 29.1 Å². The smallest absolute Gasteiger partial charge is 0.277 e. The van der Waals surface area contributed by atoms with E-state index >= 15 is 0 Å². The Morgan fingerprint density at radius 3 is 2.15 bits per heavy atom. The third-order valence-corrected chi connectivity index (χ3v) is 9.09. The third-order valence-electron chi connectivity index (χ3n) is 7.10. The zero-order chi connectivity index (χ0) is 26.3. The summed E-state index contributed by atoms with van der Waals surface area (Å²) in [6.07, 6.45) is 0. The number of thiophene rings is 1. The number of rotatable bonds is 4. The van der Waals surface area contributed by atoms with E-state index in [0.29, 0.717) is 16.2 Å². The number of aryl methyl sites for hydroxylation is 1. The molecule has 0 saturated carbocycles. The van der Waals surface area contributed by atoms with E-state index in [1.54, 1.807) is 4.57 Å². The average Bonchev–Trinajstić information content (AvgIpc) is 3.38. The molecule has 0 spiro atoms. The van der Waals surface area contributed by atoms with Gasteiger partial charge in [-0.3, -0.25) is 4.79 Å². The molecular formula is C31H25N5OS2. The molecule has 0 amide bonds. The lowest BCUT2D eigenvalue weighted by atomic mass is 9.97. The number of aromatic nitrogens is 4. The second-order valence-corrected chi connectivity index (χ2v) is 11.8. The first-order valence-electron chi connectivity index (χ1n) is 13.0. The van der Waals surface area contributed by atoms with E-state index in [-0.39, 0.29) is 5.56 Å². The standard InChI is InChI=1S/C31H25N5OS2/c1-20-12-14-23(15-13-20)36-30(37)28-27(32-31(36)35-16-18-38-19-17-35)25-24(21-8-4-2-5-9-21)26(33-34-29(25)39-28)22-10-6-3-7-11-22/h2-15H,16-19H2,1H3. The summed E-state index contributed by atoms with van der Waals surface area (Å²) < 4.78 is 2.37. The fourth-order valence-electron chi connectivity index (χ4n) is 5.15. The SMILES string of the molecule is Cc1ccc(-n2c(N3CCSCC3)nc3c(sc4nnc(-c5ccccc5)c(-c5ccccc5)c43)c2=O)cc1. The monoisotopic (exact) mass is 547 g/mol. The van der Waals surface area contributed by atoms with Gasteiger partial charge in [0.25, 0.3) is 5.56 Å². The van der Waals surface area contributed by atoms with Gasteiger partial charge in [0.15, 0.2) is 0 Å². The molecule has 192 valence electrons. The van der Waals surface area contributed by atoms with Gasteiger partial charge in [0, 0.05) is 41.1 Å². The van der Waals surface area contributed by atoms with E-state index in [4.69, 9.17) is 10.1 Å². The van der Waals surface area contributed by atoms with Crippen LogP contribution in [0.4, 0.5) is 5.95 Å². The molecule has 1 aliphatic heterocycles. The number of hydrogen-bond donors (Lipinski definition) is 0. The molecule has 0 unspecified atom stereocenters. The summed E-state index contributed by atoms with van der Waals surface area (Å²) in [5.74, 6) is 2.70. The van der Waals surface area contributed by atoms with Crippen molar-refractivity contribution in [3.05, 3.63) is 101 Å². The third kappa shape index (κ3) is 4.20. The van der Waals surface area contributed by atoms with E-state index in [1.807, 2.05) is 84.6 Å². The largest absolute Gasteiger partial charge is 0.340 e. The van der Waals surface area contributed by atoms with Gasteiger partial charge in [0.2, 0.25) is 5.95 Å². The molecule has 6 nitrogen and oxygen atoms in total. The van der Waals surface area contributed by atoms with Crippen LogP contribution in [0.5, 0.6) is 0 Å². The van der Waals surface area contributed by atoms with Crippen molar-refractivity contribution in [1.29, 1.82) is 0 Å². The maximum absolute atomic E-state index is 14.3. The summed E-state index contributed by atoms with van der Waals surface area (Å²) in [7, 11) is 0. The predicted molar refractivity (Wildman–Crippen MR) is 163 cm³/mol. The summed E-state index contributed by atoms with van der Waals surface area (Å²) in [6.45, 7) is 3.74. The normalized spacial score (nSPS) is 13.8. The molecule has 3 aromatic carbocycles. The van der Waals surface area contributed by atoms with Gasteiger partial charge < -0.3 is 4.90 Å². The van der Waals surface area contributed by atoms with Crippen LogP contribution in [0.25, 0.3) is 48.5 Å². The van der Waals surface area contributed by atoms with Crippen LogP contribution in [0.2, 0.25) is 0 Å². The summed E-state index contributed by atoms with van der Waals surface area (Å²) >= 11 is 3.31. The van der Waals surface area contributed by atoms with Crippen LogP contribution in [0, 0.1) is 6.92 Å². The first-order chi connectivity index (χ1) is 19.2. The number of thioether (sulfide) groups is 1. The van der Waals surface area contributed by atoms with E-state index < -0.39 is 0 Å². The summed E-state index contributed by atoms with van der Waals surface area (Å²) in [4.78, 5) is 22.6. The number of anilines is 1. The Kier molecular flexibility index (Phi) is 6.14. The van der Waals surface area contributed by atoms with Gasteiger partial charge >= 0.3 is 0 Å². The van der Waals surface area contributed by atoms with Crippen molar-refractivity contribution in [1.82, 2.24) is 19.7 Å². The molecule has 3 aromatic heterocycles. The van der Waals surface area contributed by atoms with Crippen LogP contribution in [-0.4, -0.2) is 44.3 Å². The minimum atomic E-state index is -0.0691. The Hall–Kier alpha value is -4.01. The Bertz CT molecular complexity index is 1860. The van der Waals surface area contributed by atoms with E-state index in [1.165, 1.54) is 11.3 Å². The van der Waals surface area contributed by atoms with Crippen molar-refractivity contribution in [2.24, 2.45) is 0 Å². The molecule has 7 rings (SSSR count). The Morgan fingerprint density at radius 1 is 0.795 bits per heavy atom. The van der Waals surface area contributed by atoms with Crippen molar-refractivity contribution in [2.75, 3.05) is 29.5 Å². The lowest BCUT2D eigenvalue weighted by Gasteiger charge is -2.29. The molecule has 1 fully saturated rings. The average molecular weight is 548 g/mol. The van der Waals surface area contributed by atoms with Gasteiger partial charge in [0.1, 0.15) is 20.7 Å². The first-order valence-corrected chi connectivity index (χ1v) is 14.9.